The number of nitrogens with zero attached hydrogens (tertiary/aromatic N) is 1. The number of hydrogen-bond donors (Lipinski definition) is 0. The Bertz CT molecular complexity index is 1080. The summed E-state index contributed by atoms with van der Waals surface area (Å²) < 4.78 is 1.22. The van der Waals surface area contributed by atoms with Crippen LogP contribution in [0.1, 0.15) is 83.6 Å². The molecule has 3 aromatic rings. The standard InChI is InChI=1S/C21H28NOSe.C10H14.Ru/c1-20(2,3)14-12-15(21(4,5)6)19(23)17(13-14)22-16-10-8-9-11-18(16)24-7;1-8(2)10-6-4-9(3)5-7-10;/h8-13,23H,1-7H3;4-8H,1-3H3;/q-1;;+2/p-1. The van der Waals surface area contributed by atoms with Gasteiger partial charge in [0.05, 0.1) is 0 Å². The van der Waals surface area contributed by atoms with E-state index >= 15 is 0 Å². The number of para-hydroxylation sites is 1. The third-order valence-corrected chi connectivity index (χ3v) is 7.46. The van der Waals surface area contributed by atoms with Crippen molar-refractivity contribution < 1.29 is 24.6 Å². The molecule has 0 aliphatic carbocycles. The van der Waals surface area contributed by atoms with E-state index in [4.69, 9.17) is 5.32 Å². The first-order valence-corrected chi connectivity index (χ1v) is 14.6. The Hall–Kier alpha value is -1.60. The summed E-state index contributed by atoms with van der Waals surface area (Å²) in [6.45, 7) is 19.3. The Labute approximate surface area is 233 Å². The molecule has 0 aromatic heterocycles. The number of aryl methyl sites for hydroxylation is 1. The van der Waals surface area contributed by atoms with Crippen molar-refractivity contribution in [2.45, 2.75) is 84.9 Å². The minimum atomic E-state index is -0.198. The molecule has 0 aliphatic rings. The molecule has 0 saturated heterocycles. The van der Waals surface area contributed by atoms with Gasteiger partial charge in [-0.3, -0.25) is 0 Å². The summed E-state index contributed by atoms with van der Waals surface area (Å²) in [6.07, 6.45) is 0. The van der Waals surface area contributed by atoms with E-state index in [0.717, 1.165) is 16.8 Å². The average Bonchev–Trinajstić information content (AvgIpc) is 2.74. The number of benzene rings is 3. The fourth-order valence-electron chi connectivity index (χ4n) is 3.49. The zero-order valence-electron chi connectivity index (χ0n) is 23.0. The second-order valence-corrected chi connectivity index (χ2v) is 13.0. The van der Waals surface area contributed by atoms with Crippen LogP contribution in [-0.4, -0.2) is 15.0 Å². The summed E-state index contributed by atoms with van der Waals surface area (Å²) in [7, 11) is 0. The van der Waals surface area contributed by atoms with E-state index in [1.54, 1.807) is 0 Å². The quantitative estimate of drug-likeness (QED) is 0.270. The molecular weight excluding hydrogens is 582 g/mol. The van der Waals surface area contributed by atoms with Gasteiger partial charge in [-0.2, -0.15) is 0 Å². The minimum absolute atomic E-state index is 0. The summed E-state index contributed by atoms with van der Waals surface area (Å²) in [5.41, 5.74) is 6.02. The second kappa shape index (κ2) is 13.1. The Balaban J connectivity index is 0.000000468. The Kier molecular flexibility index (Phi) is 11.8. The normalized spacial score (nSPS) is 11.4. The van der Waals surface area contributed by atoms with Crippen LogP contribution in [0.5, 0.6) is 5.75 Å². The summed E-state index contributed by atoms with van der Waals surface area (Å²) in [5.74, 6) is 2.88. The molecule has 3 aromatic carbocycles. The van der Waals surface area contributed by atoms with Gasteiger partial charge in [0.1, 0.15) is 0 Å². The third kappa shape index (κ3) is 9.09. The van der Waals surface area contributed by atoms with E-state index in [2.05, 4.69) is 105 Å². The van der Waals surface area contributed by atoms with Gasteiger partial charge in [0, 0.05) is 0 Å². The van der Waals surface area contributed by atoms with Crippen LogP contribution in [0.4, 0.5) is 11.4 Å². The van der Waals surface area contributed by atoms with Gasteiger partial charge in [0.25, 0.3) is 0 Å². The molecule has 3 rings (SSSR count). The smallest absolute Gasteiger partial charge is 0.0590 e. The van der Waals surface area contributed by atoms with E-state index in [9.17, 15) is 5.11 Å². The summed E-state index contributed by atoms with van der Waals surface area (Å²) in [6, 6.07) is 20.9. The summed E-state index contributed by atoms with van der Waals surface area (Å²) in [4.78, 5) is 0. The molecule has 0 amide bonds. The first-order chi connectivity index (χ1) is 15.7. The van der Waals surface area contributed by atoms with Crippen molar-refractivity contribution in [3.8, 4) is 5.75 Å². The number of hydrogen-bond acceptors (Lipinski definition) is 1. The molecule has 190 valence electrons. The van der Waals surface area contributed by atoms with Crippen LogP contribution >= 0.6 is 0 Å². The van der Waals surface area contributed by atoms with Crippen LogP contribution in [0.25, 0.3) is 5.32 Å². The molecule has 0 atom stereocenters. The molecule has 4 heteroatoms. The predicted molar refractivity (Wildman–Crippen MR) is 149 cm³/mol. The van der Waals surface area contributed by atoms with E-state index < -0.39 is 0 Å². The SMILES string of the molecule is C[Se]c1ccccc1[N-]c1cc(C(C)(C)C)cc(C(C)(C)C)c1[O-].Cc1ccc(C(C)C)cc1.[Ru+2]. The monoisotopic (exact) mass is 625 g/mol. The molecule has 0 bridgehead atoms. The molecule has 2 nitrogen and oxygen atoms in total. The van der Waals surface area contributed by atoms with E-state index in [-0.39, 0.29) is 36.1 Å². The van der Waals surface area contributed by atoms with Crippen molar-refractivity contribution in [3.63, 3.8) is 0 Å². The molecule has 35 heavy (non-hydrogen) atoms. The summed E-state index contributed by atoms with van der Waals surface area (Å²) in [5, 5.41) is 17.8. The maximum absolute atomic E-state index is 13.0. The van der Waals surface area contributed by atoms with Crippen LogP contribution in [0.15, 0.2) is 60.7 Å². The van der Waals surface area contributed by atoms with Gasteiger partial charge in [0.15, 0.2) is 0 Å². The fourth-order valence-corrected chi connectivity index (χ4v) is 4.62. The van der Waals surface area contributed by atoms with E-state index in [1.807, 2.05) is 24.3 Å². The van der Waals surface area contributed by atoms with Gasteiger partial charge >= 0.3 is 172 Å². The molecule has 0 spiro atoms. The first kappa shape index (κ1) is 31.4. The molecule has 0 unspecified atom stereocenters. The summed E-state index contributed by atoms with van der Waals surface area (Å²) >= 11 is 0.345. The van der Waals surface area contributed by atoms with Gasteiger partial charge in [-0.05, 0) is 18.4 Å². The van der Waals surface area contributed by atoms with Crippen LogP contribution in [-0.2, 0) is 30.3 Å². The minimum Gasteiger partial charge on any atom is -0.0590 e. The Morgan fingerprint density at radius 2 is 1.37 bits per heavy atom. The molecule has 0 fully saturated rings. The molecule has 0 radical (unpaired) electrons. The first-order valence-electron chi connectivity index (χ1n) is 12.0. The zero-order valence-corrected chi connectivity index (χ0v) is 26.4. The van der Waals surface area contributed by atoms with E-state index in [0.29, 0.717) is 26.6 Å². The van der Waals surface area contributed by atoms with Crippen LogP contribution in [0.2, 0.25) is 5.82 Å². The molecule has 0 saturated carbocycles. The van der Waals surface area contributed by atoms with Crippen molar-refractivity contribution in [1.29, 1.82) is 0 Å². The maximum Gasteiger partial charge on any atom is 2.00 e. The molecular formula is C31H41NORuSe. The fraction of sp³-hybridized carbons (Fsp3) is 0.419. The average molecular weight is 624 g/mol. The van der Waals surface area contributed by atoms with Crippen LogP contribution in [0, 0.1) is 6.92 Å². The van der Waals surface area contributed by atoms with Gasteiger partial charge in [-0.25, -0.2) is 0 Å². The van der Waals surface area contributed by atoms with Gasteiger partial charge in [0.2, 0.25) is 0 Å². The Morgan fingerprint density at radius 3 is 1.86 bits per heavy atom. The van der Waals surface area contributed by atoms with Crippen LogP contribution < -0.4 is 9.57 Å². The van der Waals surface area contributed by atoms with Crippen LogP contribution in [0.3, 0.4) is 0 Å². The van der Waals surface area contributed by atoms with Crippen molar-refractivity contribution >= 4 is 30.8 Å². The zero-order chi connectivity index (χ0) is 25.7. The topological polar surface area (TPSA) is 37.2 Å². The van der Waals surface area contributed by atoms with Crippen molar-refractivity contribution in [1.82, 2.24) is 0 Å². The predicted octanol–water partition coefficient (Wildman–Crippen LogP) is 8.19. The maximum atomic E-state index is 13.0. The Morgan fingerprint density at radius 1 is 0.800 bits per heavy atom. The largest absolute Gasteiger partial charge is 2.00 e. The molecule has 0 aliphatic heterocycles. The number of rotatable bonds is 4. The van der Waals surface area contributed by atoms with Crippen molar-refractivity contribution in [2.75, 3.05) is 0 Å². The van der Waals surface area contributed by atoms with Gasteiger partial charge in [-0.15, -0.1) is 0 Å². The van der Waals surface area contributed by atoms with Crippen molar-refractivity contribution in [3.05, 3.63) is 88.2 Å². The second-order valence-electron chi connectivity index (χ2n) is 11.2. The van der Waals surface area contributed by atoms with Gasteiger partial charge in [-0.1, -0.05) is 43.7 Å². The van der Waals surface area contributed by atoms with Gasteiger partial charge < -0.3 is 0 Å². The molecule has 0 heterocycles. The van der Waals surface area contributed by atoms with Crippen molar-refractivity contribution in [2.24, 2.45) is 0 Å². The molecule has 0 N–H and O–H groups in total. The van der Waals surface area contributed by atoms with E-state index in [1.165, 1.54) is 15.6 Å². The third-order valence-electron chi connectivity index (χ3n) is 5.81.